The summed E-state index contributed by atoms with van der Waals surface area (Å²) in [6.07, 6.45) is 1.19. The van der Waals surface area contributed by atoms with Crippen molar-refractivity contribution in [3.05, 3.63) is 100 Å². The minimum absolute atomic E-state index is 0.0595. The van der Waals surface area contributed by atoms with Crippen LogP contribution in [0.25, 0.3) is 11.5 Å². The molecule has 0 amide bonds. The van der Waals surface area contributed by atoms with Crippen LogP contribution < -0.4 is 10.3 Å². The van der Waals surface area contributed by atoms with E-state index in [0.717, 1.165) is 16.7 Å². The molecule has 1 unspecified atom stereocenters. The average molecular weight is 490 g/mol. The standard InChI is InChI=1S/C28H31N3O5/c1-28(2,19-34-4)22-13-11-21(12-14-22)27-29-26(30-36-27)24(18-33-3)35-23-9-7-8-20(16-23)17-31-15-6-5-10-25(31)32/h5-16,24H,17-19H2,1-4H3. The maximum atomic E-state index is 12.1. The molecule has 0 aliphatic rings. The first-order valence-electron chi connectivity index (χ1n) is 11.7. The van der Waals surface area contributed by atoms with Crippen LogP contribution >= 0.6 is 0 Å². The molecule has 188 valence electrons. The summed E-state index contributed by atoms with van der Waals surface area (Å²) in [5.41, 5.74) is 2.74. The molecule has 2 aromatic heterocycles. The minimum Gasteiger partial charge on any atom is -0.480 e. The van der Waals surface area contributed by atoms with Crippen molar-refractivity contribution in [2.75, 3.05) is 27.4 Å². The van der Waals surface area contributed by atoms with Gasteiger partial charge in [-0.15, -0.1) is 0 Å². The molecule has 36 heavy (non-hydrogen) atoms. The van der Waals surface area contributed by atoms with Crippen molar-refractivity contribution in [1.29, 1.82) is 0 Å². The van der Waals surface area contributed by atoms with Crippen molar-refractivity contribution < 1.29 is 18.7 Å². The highest BCUT2D eigenvalue weighted by Gasteiger charge is 2.23. The summed E-state index contributed by atoms with van der Waals surface area (Å²) in [6, 6.07) is 20.7. The van der Waals surface area contributed by atoms with Crippen molar-refractivity contribution in [3.8, 4) is 17.2 Å². The molecular formula is C28H31N3O5. The number of methoxy groups -OCH3 is 2. The van der Waals surface area contributed by atoms with E-state index in [-0.39, 0.29) is 17.6 Å². The van der Waals surface area contributed by atoms with Gasteiger partial charge in [-0.25, -0.2) is 0 Å². The van der Waals surface area contributed by atoms with Crippen LogP contribution in [0, 0.1) is 0 Å². The third-order valence-electron chi connectivity index (χ3n) is 5.89. The van der Waals surface area contributed by atoms with Crippen LogP contribution in [0.5, 0.6) is 5.75 Å². The van der Waals surface area contributed by atoms with Crippen molar-refractivity contribution in [1.82, 2.24) is 14.7 Å². The van der Waals surface area contributed by atoms with Gasteiger partial charge in [-0.2, -0.15) is 4.98 Å². The fourth-order valence-electron chi connectivity index (χ4n) is 3.97. The highest BCUT2D eigenvalue weighted by molar-refractivity contribution is 5.54. The van der Waals surface area contributed by atoms with Gasteiger partial charge in [-0.3, -0.25) is 4.79 Å². The molecule has 0 spiro atoms. The molecule has 8 nitrogen and oxygen atoms in total. The van der Waals surface area contributed by atoms with Gasteiger partial charge < -0.3 is 23.3 Å². The molecule has 1 atom stereocenters. The molecule has 0 saturated heterocycles. The van der Waals surface area contributed by atoms with Crippen LogP contribution in [0.1, 0.15) is 36.9 Å². The summed E-state index contributed by atoms with van der Waals surface area (Å²) >= 11 is 0. The fraction of sp³-hybridized carbons (Fsp3) is 0.321. The molecule has 2 aromatic carbocycles. The van der Waals surface area contributed by atoms with Gasteiger partial charge in [0.2, 0.25) is 5.82 Å². The smallest absolute Gasteiger partial charge is 0.258 e. The minimum atomic E-state index is -0.567. The Labute approximate surface area is 210 Å². The molecule has 0 fully saturated rings. The van der Waals surface area contributed by atoms with Gasteiger partial charge in [-0.1, -0.05) is 49.3 Å². The largest absolute Gasteiger partial charge is 0.480 e. The lowest BCUT2D eigenvalue weighted by Crippen LogP contribution is -2.23. The van der Waals surface area contributed by atoms with Gasteiger partial charge in [0, 0.05) is 37.5 Å². The van der Waals surface area contributed by atoms with Gasteiger partial charge in [0.05, 0.1) is 19.8 Å². The number of ether oxygens (including phenoxy) is 3. The lowest BCUT2D eigenvalue weighted by Gasteiger charge is -2.24. The molecule has 0 bridgehead atoms. The monoisotopic (exact) mass is 489 g/mol. The lowest BCUT2D eigenvalue weighted by atomic mass is 9.85. The van der Waals surface area contributed by atoms with Crippen LogP contribution in [0.4, 0.5) is 0 Å². The quantitative estimate of drug-likeness (QED) is 0.303. The zero-order chi connectivity index (χ0) is 25.5. The highest BCUT2D eigenvalue weighted by atomic mass is 16.5. The first-order chi connectivity index (χ1) is 17.4. The van der Waals surface area contributed by atoms with Crippen molar-refractivity contribution in [2.45, 2.75) is 31.9 Å². The number of aromatic nitrogens is 3. The van der Waals surface area contributed by atoms with Crippen molar-refractivity contribution >= 4 is 0 Å². The fourth-order valence-corrected chi connectivity index (χ4v) is 3.97. The van der Waals surface area contributed by atoms with E-state index in [1.54, 1.807) is 31.0 Å². The third-order valence-corrected chi connectivity index (χ3v) is 5.89. The topological polar surface area (TPSA) is 88.6 Å². The van der Waals surface area contributed by atoms with Crippen LogP contribution in [-0.4, -0.2) is 42.1 Å². The number of rotatable bonds is 11. The van der Waals surface area contributed by atoms with E-state index in [9.17, 15) is 4.79 Å². The second-order valence-electron chi connectivity index (χ2n) is 9.23. The van der Waals surface area contributed by atoms with Gasteiger partial charge in [-0.05, 0) is 41.5 Å². The summed E-state index contributed by atoms with van der Waals surface area (Å²) < 4.78 is 24.1. The summed E-state index contributed by atoms with van der Waals surface area (Å²) in [5.74, 6) is 1.41. The van der Waals surface area contributed by atoms with E-state index in [1.807, 2.05) is 54.6 Å². The maximum Gasteiger partial charge on any atom is 0.258 e. The molecule has 2 heterocycles. The molecule has 0 saturated carbocycles. The Hall–Kier alpha value is -3.75. The first-order valence-corrected chi connectivity index (χ1v) is 11.7. The Bertz CT molecular complexity index is 1330. The molecule has 4 rings (SSSR count). The summed E-state index contributed by atoms with van der Waals surface area (Å²) in [6.45, 7) is 5.57. The number of nitrogens with zero attached hydrogens (tertiary/aromatic N) is 3. The van der Waals surface area contributed by atoms with E-state index < -0.39 is 6.10 Å². The number of hydrogen-bond acceptors (Lipinski definition) is 7. The van der Waals surface area contributed by atoms with Crippen LogP contribution in [0.15, 0.2) is 82.2 Å². The van der Waals surface area contributed by atoms with E-state index in [2.05, 4.69) is 24.0 Å². The van der Waals surface area contributed by atoms with Crippen LogP contribution in [0.3, 0.4) is 0 Å². The second kappa shape index (κ2) is 11.3. The molecule has 0 aliphatic heterocycles. The maximum absolute atomic E-state index is 12.1. The predicted molar refractivity (Wildman–Crippen MR) is 136 cm³/mol. The lowest BCUT2D eigenvalue weighted by molar-refractivity contribution is 0.0740. The zero-order valence-corrected chi connectivity index (χ0v) is 21.0. The average Bonchev–Trinajstić information content (AvgIpc) is 3.36. The van der Waals surface area contributed by atoms with Crippen LogP contribution in [0.2, 0.25) is 0 Å². The highest BCUT2D eigenvalue weighted by Crippen LogP contribution is 2.28. The Morgan fingerprint density at radius 2 is 1.81 bits per heavy atom. The zero-order valence-electron chi connectivity index (χ0n) is 21.0. The van der Waals surface area contributed by atoms with Gasteiger partial charge in [0.15, 0.2) is 6.10 Å². The summed E-state index contributed by atoms with van der Waals surface area (Å²) in [5, 5.41) is 4.15. The Morgan fingerprint density at radius 3 is 2.53 bits per heavy atom. The van der Waals surface area contributed by atoms with Crippen molar-refractivity contribution in [3.63, 3.8) is 0 Å². The Kier molecular flexibility index (Phi) is 7.97. The Balaban J connectivity index is 1.50. The van der Waals surface area contributed by atoms with E-state index >= 15 is 0 Å². The molecule has 0 radical (unpaired) electrons. The van der Waals surface area contributed by atoms with E-state index in [4.69, 9.17) is 18.7 Å². The van der Waals surface area contributed by atoms with Crippen LogP contribution in [-0.2, 0) is 21.4 Å². The molecule has 0 aliphatic carbocycles. The summed E-state index contributed by atoms with van der Waals surface area (Å²) in [7, 11) is 3.30. The van der Waals surface area contributed by atoms with E-state index in [1.165, 1.54) is 6.07 Å². The SMILES string of the molecule is COCC(Oc1cccc(Cn2ccccc2=O)c1)c1noc(-c2ccc(C(C)(C)COC)cc2)n1. The third kappa shape index (κ3) is 6.08. The number of hydrogen-bond donors (Lipinski definition) is 0. The van der Waals surface area contributed by atoms with Gasteiger partial charge in [0.25, 0.3) is 11.4 Å². The molecular weight excluding hydrogens is 458 g/mol. The van der Waals surface area contributed by atoms with Gasteiger partial charge in [0.1, 0.15) is 5.75 Å². The molecule has 0 N–H and O–H groups in total. The second-order valence-corrected chi connectivity index (χ2v) is 9.23. The molecule has 4 aromatic rings. The normalized spacial score (nSPS) is 12.4. The summed E-state index contributed by atoms with van der Waals surface area (Å²) in [4.78, 5) is 16.6. The number of pyridine rings is 1. The Morgan fingerprint density at radius 1 is 1.00 bits per heavy atom. The predicted octanol–water partition coefficient (Wildman–Crippen LogP) is 4.64. The first kappa shape index (κ1) is 25.3. The number of benzene rings is 2. The van der Waals surface area contributed by atoms with E-state index in [0.29, 0.717) is 30.6 Å². The van der Waals surface area contributed by atoms with Gasteiger partial charge >= 0.3 is 0 Å². The molecule has 8 heteroatoms. The van der Waals surface area contributed by atoms with Crippen molar-refractivity contribution in [2.24, 2.45) is 0 Å².